The zero-order valence-corrected chi connectivity index (χ0v) is 18.0. The first kappa shape index (κ1) is 23.0. The van der Waals surface area contributed by atoms with Crippen LogP contribution in [0.3, 0.4) is 0 Å². The Hall–Kier alpha value is -1.00. The van der Waals surface area contributed by atoms with Crippen LogP contribution in [0.2, 0.25) is 0 Å². The van der Waals surface area contributed by atoms with Gasteiger partial charge in [-0.25, -0.2) is 12.7 Å². The minimum atomic E-state index is -3.27. The van der Waals surface area contributed by atoms with Crippen LogP contribution in [-0.2, 0) is 14.8 Å². The van der Waals surface area contributed by atoms with Crippen molar-refractivity contribution in [1.82, 2.24) is 19.4 Å². The first-order valence-corrected chi connectivity index (χ1v) is 11.9. The van der Waals surface area contributed by atoms with Crippen LogP contribution in [-0.4, -0.2) is 105 Å². The first-order valence-electron chi connectivity index (χ1n) is 9.18. The lowest BCUT2D eigenvalue weighted by molar-refractivity contribution is -0.131. The zero-order valence-electron chi connectivity index (χ0n) is 16.4. The molecule has 0 aromatic carbocycles. The summed E-state index contributed by atoms with van der Waals surface area (Å²) < 4.78 is 26.3. The van der Waals surface area contributed by atoms with Gasteiger partial charge >= 0.3 is 0 Å². The predicted octanol–water partition coefficient (Wildman–Crippen LogP) is 0.131. The Morgan fingerprint density at radius 1 is 1.19 bits per heavy atom. The second-order valence-electron chi connectivity index (χ2n) is 5.99. The SMILES string of the molecule is CCNC(=NCCS(=O)(=O)N1CCSCC1)N(C)CC(=O)N(CC)CC. The van der Waals surface area contributed by atoms with Crippen LogP contribution in [0.15, 0.2) is 4.99 Å². The molecule has 1 aliphatic heterocycles. The molecule has 1 amide bonds. The summed E-state index contributed by atoms with van der Waals surface area (Å²) in [5.74, 6) is 2.27. The van der Waals surface area contributed by atoms with Gasteiger partial charge in [0.25, 0.3) is 0 Å². The van der Waals surface area contributed by atoms with E-state index in [0.717, 1.165) is 11.5 Å². The number of sulfonamides is 1. The number of guanidine groups is 1. The molecule has 1 heterocycles. The molecule has 0 bridgehead atoms. The minimum absolute atomic E-state index is 0.00953. The molecule has 0 atom stereocenters. The van der Waals surface area contributed by atoms with Crippen molar-refractivity contribution in [2.24, 2.45) is 4.99 Å². The Morgan fingerprint density at radius 3 is 2.35 bits per heavy atom. The standard InChI is InChI=1S/C16H33N5O3S2/c1-5-17-16(19(4)14-15(22)20(6-2)7-3)18-8-13-26(23,24)21-9-11-25-12-10-21/h5-14H2,1-4H3,(H,17,18). The van der Waals surface area contributed by atoms with Crippen LogP contribution < -0.4 is 5.32 Å². The second kappa shape index (κ2) is 11.7. The van der Waals surface area contributed by atoms with E-state index in [2.05, 4.69) is 10.3 Å². The molecule has 0 radical (unpaired) electrons. The predicted molar refractivity (Wildman–Crippen MR) is 109 cm³/mol. The van der Waals surface area contributed by atoms with Gasteiger partial charge in [-0.15, -0.1) is 0 Å². The summed E-state index contributed by atoms with van der Waals surface area (Å²) in [6.07, 6.45) is 0. The molecule has 0 spiro atoms. The van der Waals surface area contributed by atoms with Gasteiger partial charge in [0.2, 0.25) is 15.9 Å². The molecule has 1 N–H and O–H groups in total. The summed E-state index contributed by atoms with van der Waals surface area (Å²) in [4.78, 5) is 20.2. The fourth-order valence-corrected chi connectivity index (χ4v) is 5.10. The third-order valence-corrected chi connectivity index (χ3v) is 6.95. The highest BCUT2D eigenvalue weighted by Crippen LogP contribution is 2.13. The molecule has 8 nitrogen and oxygen atoms in total. The number of hydrogen-bond acceptors (Lipinski definition) is 5. The van der Waals surface area contributed by atoms with E-state index >= 15 is 0 Å². The highest BCUT2D eigenvalue weighted by Gasteiger charge is 2.23. The van der Waals surface area contributed by atoms with Crippen LogP contribution in [0.4, 0.5) is 0 Å². The Balaban J connectivity index is 2.65. The molecule has 10 heteroatoms. The quantitative estimate of drug-likeness (QED) is 0.432. The Bertz CT molecular complexity index is 558. The molecule has 0 unspecified atom stereocenters. The summed E-state index contributed by atoms with van der Waals surface area (Å²) in [7, 11) is -1.48. The summed E-state index contributed by atoms with van der Waals surface area (Å²) in [5, 5.41) is 3.12. The number of nitrogens with zero attached hydrogens (tertiary/aromatic N) is 4. The van der Waals surface area contributed by atoms with Gasteiger partial charge in [-0.2, -0.15) is 11.8 Å². The Morgan fingerprint density at radius 2 is 1.81 bits per heavy atom. The average Bonchev–Trinajstić information content (AvgIpc) is 2.62. The fraction of sp³-hybridized carbons (Fsp3) is 0.875. The summed E-state index contributed by atoms with van der Waals surface area (Å²) in [6, 6.07) is 0. The number of carbonyl (C=O) groups is 1. The van der Waals surface area contributed by atoms with Crippen molar-refractivity contribution in [3.63, 3.8) is 0 Å². The van der Waals surface area contributed by atoms with Crippen molar-refractivity contribution >= 4 is 33.7 Å². The fourth-order valence-electron chi connectivity index (χ4n) is 2.64. The van der Waals surface area contributed by atoms with Crippen molar-refractivity contribution < 1.29 is 13.2 Å². The molecule has 0 saturated carbocycles. The average molecular weight is 408 g/mol. The number of thioether (sulfide) groups is 1. The van der Waals surface area contributed by atoms with Crippen LogP contribution in [0, 0.1) is 0 Å². The smallest absolute Gasteiger partial charge is 0.242 e. The summed E-state index contributed by atoms with van der Waals surface area (Å²) >= 11 is 1.78. The topological polar surface area (TPSA) is 85.3 Å². The molecule has 1 aliphatic rings. The Kier molecular flexibility index (Phi) is 10.3. The van der Waals surface area contributed by atoms with Gasteiger partial charge in [-0.05, 0) is 20.8 Å². The van der Waals surface area contributed by atoms with Gasteiger partial charge in [0.15, 0.2) is 5.96 Å². The van der Waals surface area contributed by atoms with E-state index in [0.29, 0.717) is 38.7 Å². The van der Waals surface area contributed by atoms with Gasteiger partial charge in [0, 0.05) is 51.3 Å². The lowest BCUT2D eigenvalue weighted by atomic mass is 10.4. The number of rotatable bonds is 9. The second-order valence-corrected chi connectivity index (χ2v) is 9.30. The number of likely N-dealkylation sites (N-methyl/N-ethyl adjacent to an activating group) is 2. The van der Waals surface area contributed by atoms with Crippen LogP contribution in [0.25, 0.3) is 0 Å². The van der Waals surface area contributed by atoms with Gasteiger partial charge in [0.1, 0.15) is 0 Å². The molecule has 1 rings (SSSR count). The number of nitrogens with one attached hydrogen (secondary N) is 1. The highest BCUT2D eigenvalue weighted by atomic mass is 32.2. The number of aliphatic imine (C=N–C) groups is 1. The molecule has 1 fully saturated rings. The van der Waals surface area contributed by atoms with Crippen LogP contribution >= 0.6 is 11.8 Å². The van der Waals surface area contributed by atoms with E-state index < -0.39 is 10.0 Å². The molecule has 152 valence electrons. The molecular formula is C16H33N5O3S2. The number of amides is 1. The maximum Gasteiger partial charge on any atom is 0.242 e. The normalized spacial score (nSPS) is 16.4. The van der Waals surface area contributed by atoms with Gasteiger partial charge in [-0.1, -0.05) is 0 Å². The largest absolute Gasteiger partial charge is 0.357 e. The van der Waals surface area contributed by atoms with Crippen molar-refractivity contribution in [2.45, 2.75) is 20.8 Å². The maximum absolute atomic E-state index is 12.4. The van der Waals surface area contributed by atoms with Gasteiger partial charge in [0.05, 0.1) is 18.8 Å². The lowest BCUT2D eigenvalue weighted by Crippen LogP contribution is -2.46. The molecule has 0 aromatic heterocycles. The van der Waals surface area contributed by atoms with E-state index in [4.69, 9.17) is 0 Å². The Labute approximate surface area is 162 Å². The maximum atomic E-state index is 12.4. The van der Waals surface area contributed by atoms with E-state index in [-0.39, 0.29) is 24.7 Å². The summed E-state index contributed by atoms with van der Waals surface area (Å²) in [6.45, 7) is 9.38. The lowest BCUT2D eigenvalue weighted by Gasteiger charge is -2.26. The minimum Gasteiger partial charge on any atom is -0.357 e. The third kappa shape index (κ3) is 7.32. The highest BCUT2D eigenvalue weighted by molar-refractivity contribution is 7.99. The van der Waals surface area contributed by atoms with Crippen molar-refractivity contribution in [3.05, 3.63) is 0 Å². The van der Waals surface area contributed by atoms with E-state index in [1.807, 2.05) is 20.8 Å². The monoisotopic (exact) mass is 407 g/mol. The molecule has 0 aromatic rings. The van der Waals surface area contributed by atoms with Crippen molar-refractivity contribution in [1.29, 1.82) is 0 Å². The number of hydrogen-bond donors (Lipinski definition) is 1. The first-order chi connectivity index (χ1) is 12.4. The molecule has 1 saturated heterocycles. The van der Waals surface area contributed by atoms with E-state index in [9.17, 15) is 13.2 Å². The van der Waals surface area contributed by atoms with Crippen LogP contribution in [0.5, 0.6) is 0 Å². The van der Waals surface area contributed by atoms with Crippen molar-refractivity contribution in [2.75, 3.05) is 70.1 Å². The molecule has 0 aliphatic carbocycles. The van der Waals surface area contributed by atoms with Crippen molar-refractivity contribution in [3.8, 4) is 0 Å². The number of carbonyl (C=O) groups excluding carboxylic acids is 1. The van der Waals surface area contributed by atoms with Gasteiger partial charge in [-0.3, -0.25) is 9.79 Å². The molecule has 26 heavy (non-hydrogen) atoms. The van der Waals surface area contributed by atoms with Crippen LogP contribution in [0.1, 0.15) is 20.8 Å². The zero-order chi connectivity index (χ0) is 19.6. The van der Waals surface area contributed by atoms with Gasteiger partial charge < -0.3 is 15.1 Å². The molecular weight excluding hydrogens is 374 g/mol. The summed E-state index contributed by atoms with van der Waals surface area (Å²) in [5.41, 5.74) is 0. The van der Waals surface area contributed by atoms with E-state index in [1.54, 1.807) is 32.9 Å². The van der Waals surface area contributed by atoms with E-state index in [1.165, 1.54) is 0 Å². The third-order valence-electron chi connectivity index (χ3n) is 4.16.